The molecule has 102 heavy (non-hydrogen) atoms. The van der Waals surface area contributed by atoms with E-state index in [1.165, 1.54) is 96.3 Å². The molecular weight excluding hydrogens is 1330 g/mol. The SMILES string of the molecule is CC/C=C\C/C=C\C/C=C\C/C=C\C/C=C\CCCCCC(=O)OC[C@H](COP(=O)(O)OC[C@@H](O)COP(=O)(O)OC[C@@H](COC(=O)CCCCCCCCCCCCCCC)OC(=O)CCCCCCC/C=C\C/C=C\CCCCC)OC(=O)CCCCCCC/C=C\C/C=C\CCCCC. The zero-order valence-electron chi connectivity index (χ0n) is 64.3. The van der Waals surface area contributed by atoms with Crippen LogP contribution in [-0.4, -0.2) is 96.7 Å². The molecule has 3 N–H and O–H groups in total. The van der Waals surface area contributed by atoms with Crippen LogP contribution in [0.4, 0.5) is 0 Å². The summed E-state index contributed by atoms with van der Waals surface area (Å²) in [6.45, 7) is 4.67. The Morgan fingerprint density at radius 2 is 0.510 bits per heavy atom. The summed E-state index contributed by atoms with van der Waals surface area (Å²) >= 11 is 0. The Labute approximate surface area is 619 Å². The monoisotopic (exact) mass is 1470 g/mol. The van der Waals surface area contributed by atoms with Gasteiger partial charge in [0.1, 0.15) is 19.3 Å². The van der Waals surface area contributed by atoms with Crippen molar-refractivity contribution in [2.45, 2.75) is 354 Å². The first kappa shape index (κ1) is 97.7. The van der Waals surface area contributed by atoms with Crippen LogP contribution in [0.1, 0.15) is 336 Å². The zero-order chi connectivity index (χ0) is 74.6. The molecular formula is C83H144O17P2. The number of allylic oxidation sites excluding steroid dienone is 18. The molecule has 0 radical (unpaired) electrons. The molecule has 588 valence electrons. The number of hydrogen-bond acceptors (Lipinski definition) is 15. The molecule has 0 aliphatic carbocycles. The van der Waals surface area contributed by atoms with Crippen LogP contribution in [0.5, 0.6) is 0 Å². The summed E-state index contributed by atoms with van der Waals surface area (Å²) in [6.07, 6.45) is 80.6. The van der Waals surface area contributed by atoms with Crippen LogP contribution in [0.2, 0.25) is 0 Å². The van der Waals surface area contributed by atoms with E-state index in [9.17, 15) is 43.2 Å². The van der Waals surface area contributed by atoms with E-state index in [0.717, 1.165) is 161 Å². The Bertz CT molecular complexity index is 2360. The highest BCUT2D eigenvalue weighted by molar-refractivity contribution is 7.47. The molecule has 0 aromatic rings. The van der Waals surface area contributed by atoms with E-state index in [-0.39, 0.29) is 25.7 Å². The van der Waals surface area contributed by atoms with E-state index in [1.54, 1.807) is 0 Å². The maximum absolute atomic E-state index is 13.1. The van der Waals surface area contributed by atoms with Gasteiger partial charge < -0.3 is 33.8 Å². The molecule has 0 amide bonds. The van der Waals surface area contributed by atoms with E-state index < -0.39 is 97.5 Å². The molecule has 0 heterocycles. The summed E-state index contributed by atoms with van der Waals surface area (Å²) in [4.78, 5) is 73.0. The molecule has 0 rings (SSSR count). The summed E-state index contributed by atoms with van der Waals surface area (Å²) in [5.74, 6) is -2.23. The van der Waals surface area contributed by atoms with Crippen molar-refractivity contribution in [3.63, 3.8) is 0 Å². The van der Waals surface area contributed by atoms with Gasteiger partial charge in [0.2, 0.25) is 0 Å². The summed E-state index contributed by atoms with van der Waals surface area (Å²) < 4.78 is 68.6. The van der Waals surface area contributed by atoms with Crippen molar-refractivity contribution in [1.29, 1.82) is 0 Å². The molecule has 2 unspecified atom stereocenters. The first-order valence-electron chi connectivity index (χ1n) is 40.1. The third-order valence-electron chi connectivity index (χ3n) is 16.7. The maximum atomic E-state index is 13.1. The van der Waals surface area contributed by atoms with Gasteiger partial charge in [-0.1, -0.05) is 285 Å². The Morgan fingerprint density at radius 1 is 0.284 bits per heavy atom. The number of ether oxygens (including phenoxy) is 4. The number of phosphoric ester groups is 2. The van der Waals surface area contributed by atoms with Gasteiger partial charge in [0.25, 0.3) is 0 Å². The minimum atomic E-state index is -4.99. The van der Waals surface area contributed by atoms with Crippen LogP contribution in [0, 0.1) is 0 Å². The van der Waals surface area contributed by atoms with Crippen molar-refractivity contribution in [2.75, 3.05) is 39.6 Å². The second kappa shape index (κ2) is 75.0. The van der Waals surface area contributed by atoms with Gasteiger partial charge in [-0.15, -0.1) is 0 Å². The standard InChI is InChI=1S/C83H144O17P2/c1-5-9-13-17-21-25-29-33-36-37-38-39-42-44-48-52-56-60-64-68-81(86)94-74-79(100-83(88)70-66-62-58-54-50-46-41-35-31-27-23-19-15-11-7-3)76-98-102(91,92)96-72-77(84)71-95-101(89,90)97-75-78(73-93-80(85)67-63-59-55-51-47-43-32-28-24-20-16-12-8-4)99-82(87)69-65-61-57-53-49-45-40-34-30-26-22-18-14-10-6-2/h9,13,21-23,25-27,33-36,38-41,44,48,77-79,84H,5-8,10-12,14-20,24,28-32,37,42-43,45-47,49-76H2,1-4H3,(H,89,90)(H,91,92)/b13-9-,25-21-,26-22-,27-23-,36-33-,39-38-,40-34-,41-35-,48-44-/t77-,78+,79+/m0/s1. The number of unbranched alkanes of at least 4 members (excludes halogenated alkanes) is 31. The zero-order valence-corrected chi connectivity index (χ0v) is 66.0. The number of rotatable bonds is 75. The number of phosphoric acid groups is 2. The predicted octanol–water partition coefficient (Wildman–Crippen LogP) is 23.3. The highest BCUT2D eigenvalue weighted by atomic mass is 31.2. The topological polar surface area (TPSA) is 237 Å². The van der Waals surface area contributed by atoms with Crippen LogP contribution in [-0.2, 0) is 65.4 Å². The fourth-order valence-electron chi connectivity index (χ4n) is 10.6. The number of carbonyl (C=O) groups excluding carboxylic acids is 4. The minimum Gasteiger partial charge on any atom is -0.462 e. The summed E-state index contributed by atoms with van der Waals surface area (Å²) in [6, 6.07) is 0. The van der Waals surface area contributed by atoms with Gasteiger partial charge in [-0.2, -0.15) is 0 Å². The van der Waals surface area contributed by atoms with Gasteiger partial charge in [0, 0.05) is 25.7 Å². The Morgan fingerprint density at radius 3 is 0.814 bits per heavy atom. The molecule has 0 fully saturated rings. The van der Waals surface area contributed by atoms with E-state index in [4.69, 9.17) is 37.0 Å². The van der Waals surface area contributed by atoms with Crippen LogP contribution in [0.25, 0.3) is 0 Å². The highest BCUT2D eigenvalue weighted by Gasteiger charge is 2.30. The maximum Gasteiger partial charge on any atom is 0.472 e. The Balaban J connectivity index is 5.40. The van der Waals surface area contributed by atoms with Gasteiger partial charge >= 0.3 is 39.5 Å². The molecule has 0 saturated carbocycles. The van der Waals surface area contributed by atoms with E-state index in [2.05, 4.69) is 137 Å². The normalized spacial score (nSPS) is 14.5. The highest BCUT2D eigenvalue weighted by Crippen LogP contribution is 2.45. The predicted molar refractivity (Wildman–Crippen MR) is 418 cm³/mol. The van der Waals surface area contributed by atoms with Crippen LogP contribution in [0.3, 0.4) is 0 Å². The molecule has 17 nitrogen and oxygen atoms in total. The second-order valence-electron chi connectivity index (χ2n) is 26.6. The van der Waals surface area contributed by atoms with Crippen molar-refractivity contribution in [1.82, 2.24) is 0 Å². The molecule has 0 spiro atoms. The molecule has 0 aromatic heterocycles. The molecule has 0 bridgehead atoms. The third-order valence-corrected chi connectivity index (χ3v) is 18.6. The molecule has 0 aliphatic rings. The quantitative estimate of drug-likeness (QED) is 0.0169. The Hall–Kier alpha value is -4.28. The van der Waals surface area contributed by atoms with Gasteiger partial charge in [-0.25, -0.2) is 9.13 Å². The van der Waals surface area contributed by atoms with Crippen molar-refractivity contribution in [3.05, 3.63) is 109 Å². The lowest BCUT2D eigenvalue weighted by Gasteiger charge is -2.21. The molecule has 19 heteroatoms. The fraction of sp³-hybridized carbons (Fsp3) is 0.735. The average molecular weight is 1480 g/mol. The number of hydrogen-bond donors (Lipinski definition) is 3. The van der Waals surface area contributed by atoms with Crippen LogP contribution < -0.4 is 0 Å². The summed E-state index contributed by atoms with van der Waals surface area (Å²) in [7, 11) is -9.97. The fourth-order valence-corrected chi connectivity index (χ4v) is 12.2. The van der Waals surface area contributed by atoms with Crippen molar-refractivity contribution in [2.24, 2.45) is 0 Å². The largest absolute Gasteiger partial charge is 0.472 e. The number of esters is 4. The average Bonchev–Trinajstić information content (AvgIpc) is 0.920. The Kier molecular flexibility index (Phi) is 71.8. The smallest absolute Gasteiger partial charge is 0.462 e. The summed E-state index contributed by atoms with van der Waals surface area (Å²) in [5, 5.41) is 10.6. The first-order chi connectivity index (χ1) is 49.7. The van der Waals surface area contributed by atoms with E-state index in [1.807, 2.05) is 0 Å². The molecule has 5 atom stereocenters. The van der Waals surface area contributed by atoms with Gasteiger partial charge in [0.05, 0.1) is 26.4 Å². The van der Waals surface area contributed by atoms with E-state index in [0.29, 0.717) is 25.7 Å². The van der Waals surface area contributed by atoms with E-state index >= 15 is 0 Å². The van der Waals surface area contributed by atoms with Gasteiger partial charge in [-0.05, 0) is 135 Å². The lowest BCUT2D eigenvalue weighted by atomic mass is 10.0. The number of aliphatic hydroxyl groups is 1. The molecule has 0 aromatic carbocycles. The van der Waals surface area contributed by atoms with Crippen molar-refractivity contribution >= 4 is 39.5 Å². The van der Waals surface area contributed by atoms with Crippen LogP contribution in [0.15, 0.2) is 109 Å². The number of carbonyl (C=O) groups is 4. The third kappa shape index (κ3) is 74.0. The van der Waals surface area contributed by atoms with Crippen LogP contribution >= 0.6 is 15.6 Å². The van der Waals surface area contributed by atoms with Crippen molar-refractivity contribution in [3.8, 4) is 0 Å². The van der Waals surface area contributed by atoms with Gasteiger partial charge in [-0.3, -0.25) is 37.3 Å². The molecule has 0 aliphatic heterocycles. The van der Waals surface area contributed by atoms with Crippen molar-refractivity contribution < 1.29 is 80.2 Å². The summed E-state index contributed by atoms with van der Waals surface area (Å²) in [5.41, 5.74) is 0. The number of aliphatic hydroxyl groups excluding tert-OH is 1. The second-order valence-corrected chi connectivity index (χ2v) is 29.5. The van der Waals surface area contributed by atoms with Gasteiger partial charge in [0.15, 0.2) is 12.2 Å². The lowest BCUT2D eigenvalue weighted by molar-refractivity contribution is -0.161. The molecule has 0 saturated heterocycles. The lowest BCUT2D eigenvalue weighted by Crippen LogP contribution is -2.30. The minimum absolute atomic E-state index is 0.0700. The first-order valence-corrected chi connectivity index (χ1v) is 43.1.